The van der Waals surface area contributed by atoms with Crippen LogP contribution < -0.4 is 21.3 Å². The lowest BCUT2D eigenvalue weighted by Crippen LogP contribution is -2.57. The molecule has 6 atom stereocenters. The van der Waals surface area contributed by atoms with E-state index in [1.54, 1.807) is 0 Å². The molecule has 6 N–H and O–H groups in total. The van der Waals surface area contributed by atoms with Gasteiger partial charge in [-0.1, -0.05) is 115 Å². The van der Waals surface area contributed by atoms with Crippen molar-refractivity contribution in [2.75, 3.05) is 6.61 Å². The molecular weight excluding hydrogens is 612 g/mol. The molecule has 0 heterocycles. The minimum atomic E-state index is -1.19. The average molecular weight is 669 g/mol. The average Bonchev–Trinajstić information content (AvgIpc) is 3.07. The molecular formula is C37H56N4O7. The number of benzene rings is 2. The van der Waals surface area contributed by atoms with Crippen molar-refractivity contribution >= 4 is 23.8 Å². The van der Waals surface area contributed by atoms with Crippen molar-refractivity contribution < 1.29 is 34.1 Å². The first-order valence-corrected chi connectivity index (χ1v) is 17.2. The molecule has 0 spiro atoms. The molecule has 2 aromatic carbocycles. The van der Waals surface area contributed by atoms with E-state index in [2.05, 4.69) is 21.3 Å². The van der Waals surface area contributed by atoms with Crippen molar-refractivity contribution in [2.24, 2.45) is 11.8 Å². The van der Waals surface area contributed by atoms with Crippen LogP contribution in [0, 0.1) is 11.8 Å². The summed E-state index contributed by atoms with van der Waals surface area (Å²) in [6.45, 7) is 9.58. The standard InChI is InChI=1S/C37H56N4O7/c1-6-8-19-29(35(45)40-30(20-25(3)4)33(43)22-34(44)38-32(23-42)26(5)7-2)39-36(46)31(21-27-15-11-9-12-16-27)41-37(47)48-24-28-17-13-10-14-18-28/h9-18,25-26,29-33,42-43H,6-8,19-24H2,1-5H3,(H,38,44)(H,39,46)(H,40,45)(H,41,47)/t26-,29-,30-,31-,32+,33-/m0/s1. The lowest BCUT2D eigenvalue weighted by Gasteiger charge is -2.29. The van der Waals surface area contributed by atoms with E-state index in [4.69, 9.17) is 4.74 Å². The number of nitrogens with one attached hydrogen (secondary N) is 4. The molecule has 0 aromatic heterocycles. The monoisotopic (exact) mass is 668 g/mol. The van der Waals surface area contributed by atoms with Crippen LogP contribution in [0.5, 0.6) is 0 Å². The van der Waals surface area contributed by atoms with Crippen molar-refractivity contribution in [3.63, 3.8) is 0 Å². The third-order valence-electron chi connectivity index (χ3n) is 8.37. The Labute approximate surface area is 285 Å². The molecule has 2 aromatic rings. The van der Waals surface area contributed by atoms with Gasteiger partial charge in [0, 0.05) is 6.42 Å². The molecule has 0 saturated carbocycles. The van der Waals surface area contributed by atoms with Gasteiger partial charge < -0.3 is 36.2 Å². The first-order chi connectivity index (χ1) is 23.0. The van der Waals surface area contributed by atoms with Crippen LogP contribution in [0.25, 0.3) is 0 Å². The Bertz CT molecular complexity index is 1240. The summed E-state index contributed by atoms with van der Waals surface area (Å²) < 4.78 is 5.38. The molecule has 0 aliphatic rings. The summed E-state index contributed by atoms with van der Waals surface area (Å²) in [5, 5.41) is 32.0. The second-order valence-electron chi connectivity index (χ2n) is 12.9. The summed E-state index contributed by atoms with van der Waals surface area (Å²) in [6, 6.07) is 15.2. The van der Waals surface area contributed by atoms with E-state index in [1.807, 2.05) is 95.3 Å². The van der Waals surface area contributed by atoms with Gasteiger partial charge in [0.25, 0.3) is 0 Å². The molecule has 11 heteroatoms. The van der Waals surface area contributed by atoms with E-state index >= 15 is 0 Å². The topological polar surface area (TPSA) is 166 Å². The van der Waals surface area contributed by atoms with Gasteiger partial charge in [-0.25, -0.2) is 4.79 Å². The summed E-state index contributed by atoms with van der Waals surface area (Å²) in [4.78, 5) is 53.0. The lowest BCUT2D eigenvalue weighted by molar-refractivity contribution is -0.131. The summed E-state index contributed by atoms with van der Waals surface area (Å²) in [5.74, 6) is -1.32. The van der Waals surface area contributed by atoms with Crippen molar-refractivity contribution in [3.05, 3.63) is 71.8 Å². The summed E-state index contributed by atoms with van der Waals surface area (Å²) in [6.07, 6.45) is 0.875. The van der Waals surface area contributed by atoms with Gasteiger partial charge in [-0.2, -0.15) is 0 Å². The Morgan fingerprint density at radius 3 is 1.94 bits per heavy atom. The van der Waals surface area contributed by atoms with E-state index in [-0.39, 0.29) is 37.9 Å². The third kappa shape index (κ3) is 14.9. The Balaban J connectivity index is 2.17. The molecule has 0 saturated heterocycles. The van der Waals surface area contributed by atoms with Crippen LogP contribution in [0.15, 0.2) is 60.7 Å². The second-order valence-corrected chi connectivity index (χ2v) is 12.9. The molecule has 0 bridgehead atoms. The van der Waals surface area contributed by atoms with Crippen molar-refractivity contribution in [2.45, 2.75) is 116 Å². The van der Waals surface area contributed by atoms with Crippen molar-refractivity contribution in [3.8, 4) is 0 Å². The molecule has 0 radical (unpaired) electrons. The molecule has 48 heavy (non-hydrogen) atoms. The normalized spacial score (nSPS) is 14.9. The van der Waals surface area contributed by atoms with Gasteiger partial charge in [0.05, 0.1) is 31.2 Å². The van der Waals surface area contributed by atoms with Gasteiger partial charge in [-0.05, 0) is 35.8 Å². The number of rotatable bonds is 21. The van der Waals surface area contributed by atoms with Crippen LogP contribution >= 0.6 is 0 Å². The van der Waals surface area contributed by atoms with E-state index in [9.17, 15) is 29.4 Å². The summed E-state index contributed by atoms with van der Waals surface area (Å²) in [5.41, 5.74) is 1.61. The van der Waals surface area contributed by atoms with E-state index in [0.717, 1.165) is 24.0 Å². The molecule has 11 nitrogen and oxygen atoms in total. The smallest absolute Gasteiger partial charge is 0.408 e. The lowest BCUT2D eigenvalue weighted by atomic mass is 9.95. The number of amides is 4. The largest absolute Gasteiger partial charge is 0.445 e. The summed E-state index contributed by atoms with van der Waals surface area (Å²) >= 11 is 0. The number of ether oxygens (including phenoxy) is 1. The van der Waals surface area contributed by atoms with Crippen LogP contribution in [0.1, 0.15) is 84.3 Å². The minimum Gasteiger partial charge on any atom is -0.445 e. The quantitative estimate of drug-likeness (QED) is 0.117. The zero-order valence-electron chi connectivity index (χ0n) is 29.1. The zero-order chi connectivity index (χ0) is 35.5. The molecule has 0 unspecified atom stereocenters. The minimum absolute atomic E-state index is 0.0315. The molecule has 4 amide bonds. The highest BCUT2D eigenvalue weighted by molar-refractivity contribution is 5.91. The Morgan fingerprint density at radius 2 is 1.38 bits per heavy atom. The number of aliphatic hydroxyl groups is 2. The maximum Gasteiger partial charge on any atom is 0.408 e. The number of hydrogen-bond acceptors (Lipinski definition) is 7. The van der Waals surface area contributed by atoms with Gasteiger partial charge in [0.15, 0.2) is 0 Å². The van der Waals surface area contributed by atoms with E-state index in [0.29, 0.717) is 19.3 Å². The van der Waals surface area contributed by atoms with E-state index < -0.39 is 54.1 Å². The molecule has 0 aliphatic heterocycles. The van der Waals surface area contributed by atoms with Crippen LogP contribution in [-0.4, -0.2) is 70.9 Å². The second kappa shape index (κ2) is 21.8. The number of hydrogen-bond donors (Lipinski definition) is 6. The van der Waals surface area contributed by atoms with E-state index in [1.165, 1.54) is 0 Å². The van der Waals surface area contributed by atoms with Gasteiger partial charge in [0.1, 0.15) is 18.7 Å². The Morgan fingerprint density at radius 1 is 0.771 bits per heavy atom. The molecule has 0 aliphatic carbocycles. The predicted molar refractivity (Wildman–Crippen MR) is 186 cm³/mol. The maximum absolute atomic E-state index is 13.7. The van der Waals surface area contributed by atoms with Crippen molar-refractivity contribution in [1.82, 2.24) is 21.3 Å². The summed E-state index contributed by atoms with van der Waals surface area (Å²) in [7, 11) is 0. The molecule has 0 fully saturated rings. The Hall–Kier alpha value is -3.96. The zero-order valence-corrected chi connectivity index (χ0v) is 29.1. The van der Waals surface area contributed by atoms with Crippen LogP contribution in [-0.2, 0) is 32.1 Å². The number of alkyl carbamates (subject to hydrolysis) is 1. The number of aliphatic hydroxyl groups excluding tert-OH is 2. The van der Waals surface area contributed by atoms with Crippen LogP contribution in [0.3, 0.4) is 0 Å². The fourth-order valence-electron chi connectivity index (χ4n) is 5.27. The number of unbranched alkanes of at least 4 members (excludes halogenated alkanes) is 1. The molecule has 2 rings (SSSR count). The molecule has 266 valence electrons. The highest BCUT2D eigenvalue weighted by Gasteiger charge is 2.31. The number of carbonyl (C=O) groups is 4. The predicted octanol–water partition coefficient (Wildman–Crippen LogP) is 4.00. The fourth-order valence-corrected chi connectivity index (χ4v) is 5.27. The van der Waals surface area contributed by atoms with Gasteiger partial charge in [-0.3, -0.25) is 14.4 Å². The van der Waals surface area contributed by atoms with Gasteiger partial charge in [0.2, 0.25) is 17.7 Å². The van der Waals surface area contributed by atoms with Crippen LogP contribution in [0.2, 0.25) is 0 Å². The number of carbonyl (C=O) groups excluding carboxylic acids is 4. The first-order valence-electron chi connectivity index (χ1n) is 17.2. The van der Waals surface area contributed by atoms with Gasteiger partial charge >= 0.3 is 6.09 Å². The fraction of sp³-hybridized carbons (Fsp3) is 0.568. The first kappa shape index (κ1) is 40.2. The van der Waals surface area contributed by atoms with Gasteiger partial charge in [-0.15, -0.1) is 0 Å². The highest BCUT2D eigenvalue weighted by Crippen LogP contribution is 2.14. The SMILES string of the molecule is CCCC[C@H](NC(=O)[C@H](Cc1ccccc1)NC(=O)OCc1ccccc1)C(=O)N[C@@H](CC(C)C)[C@@H](O)CC(=O)N[C@H](CO)[C@@H](C)CC. The maximum atomic E-state index is 13.7. The van der Waals surface area contributed by atoms with Crippen molar-refractivity contribution in [1.29, 1.82) is 0 Å². The Kier molecular flexibility index (Phi) is 18.3. The van der Waals surface area contributed by atoms with Crippen LogP contribution in [0.4, 0.5) is 4.79 Å². The third-order valence-corrected chi connectivity index (χ3v) is 8.37. The highest BCUT2D eigenvalue weighted by atomic mass is 16.5.